The zero-order valence-electron chi connectivity index (χ0n) is 18.5. The van der Waals surface area contributed by atoms with Crippen LogP contribution < -0.4 is 9.64 Å². The number of nitrogens with zero attached hydrogens (tertiary/aromatic N) is 2. The summed E-state index contributed by atoms with van der Waals surface area (Å²) in [6.45, 7) is 0. The van der Waals surface area contributed by atoms with Gasteiger partial charge in [0.2, 0.25) is 0 Å². The third-order valence-electron chi connectivity index (χ3n) is 5.44. The molecule has 1 aliphatic rings. The molecule has 0 saturated carbocycles. The van der Waals surface area contributed by atoms with Crippen molar-refractivity contribution >= 4 is 35.1 Å². The second kappa shape index (κ2) is 9.87. The van der Waals surface area contributed by atoms with Crippen LogP contribution in [0.25, 0.3) is 6.08 Å². The van der Waals surface area contributed by atoms with Gasteiger partial charge in [0.25, 0.3) is 11.6 Å². The summed E-state index contributed by atoms with van der Waals surface area (Å²) in [4.78, 5) is 26.6. The van der Waals surface area contributed by atoms with E-state index >= 15 is 0 Å². The minimum absolute atomic E-state index is 0.0599. The van der Waals surface area contributed by atoms with Crippen molar-refractivity contribution in [3.05, 3.63) is 135 Å². The molecule has 0 radical (unpaired) electrons. The van der Waals surface area contributed by atoms with Crippen molar-refractivity contribution < 1.29 is 14.5 Å². The molecule has 4 aromatic rings. The zero-order chi connectivity index (χ0) is 24.2. The van der Waals surface area contributed by atoms with E-state index in [2.05, 4.69) is 0 Å². The van der Waals surface area contributed by atoms with E-state index < -0.39 is 4.92 Å². The molecule has 6 nitrogen and oxygen atoms in total. The highest BCUT2D eigenvalue weighted by Crippen LogP contribution is 2.48. The van der Waals surface area contributed by atoms with Crippen LogP contribution in [0.5, 0.6) is 11.5 Å². The SMILES string of the molecule is O=C1/C(=C\c2cccc(Oc3ccccc3)c2)SC(c2ccccc2)N1c1cccc([N+](=O)[O-])c1. The van der Waals surface area contributed by atoms with Crippen LogP contribution in [0, 0.1) is 10.1 Å². The third kappa shape index (κ3) is 4.95. The van der Waals surface area contributed by atoms with Crippen molar-refractivity contribution in [3.63, 3.8) is 0 Å². The van der Waals surface area contributed by atoms with Gasteiger partial charge in [-0.25, -0.2) is 0 Å². The number of carbonyl (C=O) groups excluding carboxylic acids is 1. The molecule has 35 heavy (non-hydrogen) atoms. The summed E-state index contributed by atoms with van der Waals surface area (Å²) in [5, 5.41) is 11.0. The van der Waals surface area contributed by atoms with Gasteiger partial charge in [-0.05, 0) is 47.5 Å². The Balaban J connectivity index is 1.50. The van der Waals surface area contributed by atoms with E-state index in [1.165, 1.54) is 23.9 Å². The maximum Gasteiger partial charge on any atom is 0.271 e. The average molecular weight is 481 g/mol. The molecule has 0 spiro atoms. The number of thioether (sulfide) groups is 1. The van der Waals surface area contributed by atoms with E-state index in [0.29, 0.717) is 16.3 Å². The second-order valence-corrected chi connectivity index (χ2v) is 8.95. The Morgan fingerprint density at radius 1 is 0.829 bits per heavy atom. The number of nitro groups is 1. The number of rotatable bonds is 6. The summed E-state index contributed by atoms with van der Waals surface area (Å²) < 4.78 is 5.93. The summed E-state index contributed by atoms with van der Waals surface area (Å²) in [6, 6.07) is 32.8. The molecule has 1 saturated heterocycles. The van der Waals surface area contributed by atoms with Crippen molar-refractivity contribution in [1.29, 1.82) is 0 Å². The van der Waals surface area contributed by atoms with Crippen molar-refractivity contribution in [2.75, 3.05) is 4.90 Å². The highest BCUT2D eigenvalue weighted by molar-refractivity contribution is 8.05. The molecule has 0 N–H and O–H groups in total. The average Bonchev–Trinajstić information content (AvgIpc) is 3.21. The van der Waals surface area contributed by atoms with E-state index in [9.17, 15) is 14.9 Å². The van der Waals surface area contributed by atoms with Crippen LogP contribution in [-0.4, -0.2) is 10.8 Å². The highest BCUT2D eigenvalue weighted by Gasteiger charge is 2.38. The number of amides is 1. The third-order valence-corrected chi connectivity index (χ3v) is 6.69. The number of non-ortho nitro benzene ring substituents is 1. The predicted molar refractivity (Wildman–Crippen MR) is 138 cm³/mol. The first-order valence-electron chi connectivity index (χ1n) is 10.9. The van der Waals surface area contributed by atoms with Crippen LogP contribution >= 0.6 is 11.8 Å². The fourth-order valence-corrected chi connectivity index (χ4v) is 5.09. The Morgan fingerprint density at radius 2 is 1.51 bits per heavy atom. The minimum Gasteiger partial charge on any atom is -0.457 e. The first kappa shape index (κ1) is 22.4. The maximum absolute atomic E-state index is 13.6. The van der Waals surface area contributed by atoms with Crippen molar-refractivity contribution in [2.24, 2.45) is 0 Å². The van der Waals surface area contributed by atoms with E-state index in [-0.39, 0.29) is 17.0 Å². The number of para-hydroxylation sites is 1. The Bertz CT molecular complexity index is 1410. The van der Waals surface area contributed by atoms with Gasteiger partial charge in [0, 0.05) is 12.1 Å². The molecule has 0 bridgehead atoms. The number of ether oxygens (including phenoxy) is 1. The first-order chi connectivity index (χ1) is 17.1. The molecule has 5 rings (SSSR count). The van der Waals surface area contributed by atoms with Gasteiger partial charge in [-0.2, -0.15) is 0 Å². The molecule has 1 aliphatic heterocycles. The number of anilines is 1. The van der Waals surface area contributed by atoms with Crippen molar-refractivity contribution in [2.45, 2.75) is 5.37 Å². The molecule has 1 heterocycles. The summed E-state index contributed by atoms with van der Waals surface area (Å²) in [5.74, 6) is 1.18. The molecule has 172 valence electrons. The van der Waals surface area contributed by atoms with Crippen LogP contribution in [0.4, 0.5) is 11.4 Å². The van der Waals surface area contributed by atoms with E-state index in [1.807, 2.05) is 91.0 Å². The Labute approximate surface area is 206 Å². The van der Waals surface area contributed by atoms with Crippen LogP contribution in [0.2, 0.25) is 0 Å². The van der Waals surface area contributed by atoms with Gasteiger partial charge in [0.1, 0.15) is 16.9 Å². The number of benzene rings is 4. The molecule has 1 atom stereocenters. The normalized spacial score (nSPS) is 16.5. The minimum atomic E-state index is -0.455. The van der Waals surface area contributed by atoms with Gasteiger partial charge in [0.15, 0.2) is 0 Å². The summed E-state index contributed by atoms with van der Waals surface area (Å²) in [7, 11) is 0. The van der Waals surface area contributed by atoms with Gasteiger partial charge >= 0.3 is 0 Å². The van der Waals surface area contributed by atoms with Crippen LogP contribution in [0.1, 0.15) is 16.5 Å². The molecular weight excluding hydrogens is 460 g/mol. The van der Waals surface area contributed by atoms with Crippen molar-refractivity contribution in [1.82, 2.24) is 0 Å². The number of nitro benzene ring substituents is 1. The van der Waals surface area contributed by atoms with Gasteiger partial charge < -0.3 is 4.74 Å². The summed E-state index contributed by atoms with van der Waals surface area (Å²) in [5.41, 5.74) is 2.18. The highest BCUT2D eigenvalue weighted by atomic mass is 32.2. The molecule has 0 aromatic heterocycles. The van der Waals surface area contributed by atoms with E-state index in [1.54, 1.807) is 17.0 Å². The molecule has 4 aromatic carbocycles. The molecule has 0 aliphatic carbocycles. The smallest absolute Gasteiger partial charge is 0.271 e. The molecular formula is C28H20N2O4S. The molecule has 1 fully saturated rings. The van der Waals surface area contributed by atoms with Crippen LogP contribution in [0.15, 0.2) is 114 Å². The Kier molecular flexibility index (Phi) is 6.32. The quantitative estimate of drug-likeness (QED) is 0.166. The number of hydrogen-bond donors (Lipinski definition) is 0. The summed E-state index contributed by atoms with van der Waals surface area (Å²) >= 11 is 1.42. The first-order valence-corrected chi connectivity index (χ1v) is 11.8. The van der Waals surface area contributed by atoms with Gasteiger partial charge in [0.05, 0.1) is 15.5 Å². The fourth-order valence-electron chi connectivity index (χ4n) is 3.83. The second-order valence-electron chi connectivity index (χ2n) is 7.83. The maximum atomic E-state index is 13.6. The predicted octanol–water partition coefficient (Wildman–Crippen LogP) is 7.21. The molecule has 7 heteroatoms. The zero-order valence-corrected chi connectivity index (χ0v) is 19.3. The van der Waals surface area contributed by atoms with E-state index in [0.717, 1.165) is 16.9 Å². The van der Waals surface area contributed by atoms with Crippen LogP contribution in [-0.2, 0) is 4.79 Å². The lowest BCUT2D eigenvalue weighted by molar-refractivity contribution is -0.384. The Morgan fingerprint density at radius 3 is 2.26 bits per heavy atom. The Hall–Kier alpha value is -4.36. The van der Waals surface area contributed by atoms with Gasteiger partial charge in [-0.15, -0.1) is 0 Å². The lowest BCUT2D eigenvalue weighted by atomic mass is 10.1. The fraction of sp³-hybridized carbons (Fsp3) is 0.0357. The van der Waals surface area contributed by atoms with E-state index in [4.69, 9.17) is 4.74 Å². The lowest BCUT2D eigenvalue weighted by Gasteiger charge is -2.23. The van der Waals surface area contributed by atoms with Crippen molar-refractivity contribution in [3.8, 4) is 11.5 Å². The lowest BCUT2D eigenvalue weighted by Crippen LogP contribution is -2.27. The van der Waals surface area contributed by atoms with Gasteiger partial charge in [-0.1, -0.05) is 78.5 Å². The number of carbonyl (C=O) groups is 1. The summed E-state index contributed by atoms with van der Waals surface area (Å²) in [6.07, 6.45) is 1.83. The standard InChI is InChI=1S/C28H20N2O4S/c31-27-26(18-20-9-7-16-25(17-20)34-24-14-5-2-6-15-24)35-28(21-10-3-1-4-11-21)29(27)22-12-8-13-23(19-22)30(32)33/h1-19,28H/b26-18+. The number of hydrogen-bond acceptors (Lipinski definition) is 5. The topological polar surface area (TPSA) is 72.7 Å². The molecule has 1 unspecified atom stereocenters. The monoisotopic (exact) mass is 480 g/mol. The van der Waals surface area contributed by atoms with Crippen LogP contribution in [0.3, 0.4) is 0 Å². The van der Waals surface area contributed by atoms with Gasteiger partial charge in [-0.3, -0.25) is 19.8 Å². The largest absolute Gasteiger partial charge is 0.457 e. The molecule has 1 amide bonds.